The molecule has 0 unspecified atom stereocenters. The van der Waals surface area contributed by atoms with Crippen molar-refractivity contribution < 1.29 is 19.0 Å². The normalized spacial score (nSPS) is 13.4. The highest BCUT2D eigenvalue weighted by atomic mass is 16.6. The number of nitrogens with one attached hydrogen (secondary N) is 2. The second kappa shape index (κ2) is 8.77. The minimum Gasteiger partial charge on any atom is -0.496 e. The molecular formula is C22H24N4O4. The molecule has 0 radical (unpaired) electrons. The SMILES string of the molecule is COc1ccccc1[C@H](NC(=O)NCc1ccc2c(c1)OCCO2)c1nccn1C. The van der Waals surface area contributed by atoms with E-state index in [2.05, 4.69) is 15.6 Å². The minimum atomic E-state index is -0.471. The van der Waals surface area contributed by atoms with E-state index in [0.717, 1.165) is 16.9 Å². The average molecular weight is 408 g/mol. The van der Waals surface area contributed by atoms with E-state index in [9.17, 15) is 4.79 Å². The van der Waals surface area contributed by atoms with Gasteiger partial charge in [-0.1, -0.05) is 24.3 Å². The smallest absolute Gasteiger partial charge is 0.315 e. The Labute approximate surface area is 174 Å². The lowest BCUT2D eigenvalue weighted by Gasteiger charge is -2.22. The second-order valence-corrected chi connectivity index (χ2v) is 6.88. The molecular weight excluding hydrogens is 384 g/mol. The summed E-state index contributed by atoms with van der Waals surface area (Å²) < 4.78 is 18.5. The van der Waals surface area contributed by atoms with Gasteiger partial charge in [-0.25, -0.2) is 9.78 Å². The zero-order chi connectivity index (χ0) is 20.9. The first-order valence-electron chi connectivity index (χ1n) is 9.68. The monoisotopic (exact) mass is 408 g/mol. The van der Waals surface area contributed by atoms with Gasteiger partial charge in [0, 0.05) is 31.5 Å². The van der Waals surface area contributed by atoms with Crippen LogP contribution >= 0.6 is 0 Å². The number of ether oxygens (including phenoxy) is 3. The fraction of sp³-hybridized carbons (Fsp3) is 0.273. The number of urea groups is 1. The number of hydrogen-bond donors (Lipinski definition) is 2. The lowest BCUT2D eigenvalue weighted by Crippen LogP contribution is -2.39. The molecule has 156 valence electrons. The van der Waals surface area contributed by atoms with Gasteiger partial charge >= 0.3 is 6.03 Å². The van der Waals surface area contributed by atoms with Crippen LogP contribution < -0.4 is 24.8 Å². The summed E-state index contributed by atoms with van der Waals surface area (Å²) in [4.78, 5) is 17.2. The number of imidazole rings is 1. The van der Waals surface area contributed by atoms with E-state index in [1.165, 1.54) is 0 Å². The average Bonchev–Trinajstić information content (AvgIpc) is 3.21. The molecule has 2 heterocycles. The van der Waals surface area contributed by atoms with Crippen LogP contribution in [0.5, 0.6) is 17.2 Å². The Morgan fingerprint density at radius 1 is 1.20 bits per heavy atom. The number of rotatable bonds is 6. The first kappa shape index (κ1) is 19.6. The predicted molar refractivity (Wildman–Crippen MR) is 111 cm³/mol. The molecule has 0 saturated carbocycles. The van der Waals surface area contributed by atoms with Crippen LogP contribution in [0, 0.1) is 0 Å². The molecule has 8 heteroatoms. The third kappa shape index (κ3) is 4.17. The van der Waals surface area contributed by atoms with Crippen molar-refractivity contribution in [1.82, 2.24) is 20.2 Å². The van der Waals surface area contributed by atoms with Crippen LogP contribution in [0.25, 0.3) is 0 Å². The summed E-state index contributed by atoms with van der Waals surface area (Å²) in [6.45, 7) is 1.42. The Balaban J connectivity index is 1.49. The molecule has 0 spiro atoms. The number of hydrogen-bond acceptors (Lipinski definition) is 5. The number of nitrogens with zero attached hydrogens (tertiary/aromatic N) is 2. The molecule has 1 aromatic heterocycles. The molecule has 8 nitrogen and oxygen atoms in total. The number of benzene rings is 2. The maximum absolute atomic E-state index is 12.7. The zero-order valence-corrected chi connectivity index (χ0v) is 16.9. The lowest BCUT2D eigenvalue weighted by molar-refractivity contribution is 0.171. The molecule has 30 heavy (non-hydrogen) atoms. The minimum absolute atomic E-state index is 0.316. The molecule has 3 aromatic rings. The van der Waals surface area contributed by atoms with Gasteiger partial charge in [-0.15, -0.1) is 0 Å². The van der Waals surface area contributed by atoms with Crippen LogP contribution in [-0.2, 0) is 13.6 Å². The highest BCUT2D eigenvalue weighted by molar-refractivity contribution is 5.75. The van der Waals surface area contributed by atoms with Crippen molar-refractivity contribution in [3.63, 3.8) is 0 Å². The fourth-order valence-electron chi connectivity index (χ4n) is 3.40. The van der Waals surface area contributed by atoms with Gasteiger partial charge in [0.15, 0.2) is 11.5 Å². The van der Waals surface area contributed by atoms with Gasteiger partial charge < -0.3 is 29.4 Å². The molecule has 2 amide bonds. The largest absolute Gasteiger partial charge is 0.496 e. The molecule has 1 atom stereocenters. The van der Waals surface area contributed by atoms with Crippen LogP contribution in [0.3, 0.4) is 0 Å². The third-order valence-electron chi connectivity index (χ3n) is 4.90. The molecule has 1 aliphatic heterocycles. The molecule has 0 fully saturated rings. The van der Waals surface area contributed by atoms with Crippen molar-refractivity contribution in [2.24, 2.45) is 7.05 Å². The van der Waals surface area contributed by atoms with Crippen LogP contribution in [0.4, 0.5) is 4.79 Å². The van der Waals surface area contributed by atoms with Gasteiger partial charge in [-0.05, 0) is 23.8 Å². The molecule has 0 saturated heterocycles. The van der Waals surface area contributed by atoms with Crippen molar-refractivity contribution in [3.8, 4) is 17.2 Å². The van der Waals surface area contributed by atoms with Crippen molar-refractivity contribution >= 4 is 6.03 Å². The zero-order valence-electron chi connectivity index (χ0n) is 16.9. The van der Waals surface area contributed by atoms with Crippen LogP contribution in [-0.4, -0.2) is 35.9 Å². The van der Waals surface area contributed by atoms with E-state index in [1.54, 1.807) is 13.3 Å². The lowest BCUT2D eigenvalue weighted by atomic mass is 10.0. The van der Waals surface area contributed by atoms with Crippen molar-refractivity contribution in [2.45, 2.75) is 12.6 Å². The molecule has 0 aliphatic carbocycles. The van der Waals surface area contributed by atoms with Crippen molar-refractivity contribution in [3.05, 3.63) is 71.8 Å². The standard InChI is InChI=1S/C22H24N4O4/c1-26-10-9-23-21(26)20(16-5-3-4-6-17(16)28-2)25-22(27)24-14-15-7-8-18-19(13-15)30-12-11-29-18/h3-10,13,20H,11-12,14H2,1-2H3,(H2,24,25,27)/t20-/m0/s1. The highest BCUT2D eigenvalue weighted by Crippen LogP contribution is 2.31. The van der Waals surface area contributed by atoms with E-state index >= 15 is 0 Å². The number of carbonyl (C=O) groups is 1. The van der Waals surface area contributed by atoms with Gasteiger partial charge in [-0.3, -0.25) is 0 Å². The number of carbonyl (C=O) groups excluding carboxylic acids is 1. The Kier molecular flexibility index (Phi) is 5.74. The topological polar surface area (TPSA) is 86.6 Å². The van der Waals surface area contributed by atoms with Crippen LogP contribution in [0.1, 0.15) is 23.0 Å². The summed E-state index contributed by atoms with van der Waals surface area (Å²) in [5.41, 5.74) is 1.74. The van der Waals surface area contributed by atoms with Gasteiger partial charge in [0.2, 0.25) is 0 Å². The summed E-state index contributed by atoms with van der Waals surface area (Å²) in [5, 5.41) is 5.92. The molecule has 0 bridgehead atoms. The molecule has 4 rings (SSSR count). The first-order chi connectivity index (χ1) is 14.7. The predicted octanol–water partition coefficient (Wildman–Crippen LogP) is 2.79. The maximum Gasteiger partial charge on any atom is 0.315 e. The number of methoxy groups -OCH3 is 1. The Hall–Kier alpha value is -3.68. The number of para-hydroxylation sites is 1. The molecule has 2 N–H and O–H groups in total. The third-order valence-corrected chi connectivity index (χ3v) is 4.90. The van der Waals surface area contributed by atoms with E-state index in [1.807, 2.05) is 60.3 Å². The van der Waals surface area contributed by atoms with Gasteiger partial charge in [0.05, 0.1) is 7.11 Å². The van der Waals surface area contributed by atoms with Crippen LogP contribution in [0.15, 0.2) is 54.9 Å². The van der Waals surface area contributed by atoms with E-state index in [-0.39, 0.29) is 6.03 Å². The van der Waals surface area contributed by atoms with Crippen molar-refractivity contribution in [2.75, 3.05) is 20.3 Å². The molecule has 2 aromatic carbocycles. The van der Waals surface area contributed by atoms with Gasteiger partial charge in [0.1, 0.15) is 30.8 Å². The van der Waals surface area contributed by atoms with Crippen molar-refractivity contribution in [1.29, 1.82) is 0 Å². The van der Waals surface area contributed by atoms with Gasteiger partial charge in [0.25, 0.3) is 0 Å². The maximum atomic E-state index is 12.7. The highest BCUT2D eigenvalue weighted by Gasteiger charge is 2.23. The second-order valence-electron chi connectivity index (χ2n) is 6.88. The number of amides is 2. The summed E-state index contributed by atoms with van der Waals surface area (Å²) in [6.07, 6.45) is 3.54. The summed E-state index contributed by atoms with van der Waals surface area (Å²) in [7, 11) is 3.50. The summed E-state index contributed by atoms with van der Waals surface area (Å²) >= 11 is 0. The van der Waals surface area contributed by atoms with E-state index < -0.39 is 6.04 Å². The number of aryl methyl sites for hydroxylation is 1. The van der Waals surface area contributed by atoms with Crippen LogP contribution in [0.2, 0.25) is 0 Å². The fourth-order valence-corrected chi connectivity index (χ4v) is 3.40. The van der Waals surface area contributed by atoms with Gasteiger partial charge in [-0.2, -0.15) is 0 Å². The number of aromatic nitrogens is 2. The first-order valence-corrected chi connectivity index (χ1v) is 9.68. The Morgan fingerprint density at radius 3 is 2.77 bits per heavy atom. The summed E-state index contributed by atoms with van der Waals surface area (Å²) in [6, 6.07) is 12.4. The number of fused-ring (bicyclic) bond motifs is 1. The quantitative estimate of drug-likeness (QED) is 0.655. The van der Waals surface area contributed by atoms with E-state index in [0.29, 0.717) is 37.1 Å². The Bertz CT molecular complexity index is 1030. The summed E-state index contributed by atoms with van der Waals surface area (Å²) in [5.74, 6) is 2.80. The Morgan fingerprint density at radius 2 is 2.00 bits per heavy atom. The molecule has 1 aliphatic rings. The van der Waals surface area contributed by atoms with E-state index in [4.69, 9.17) is 14.2 Å².